The van der Waals surface area contributed by atoms with E-state index < -0.39 is 0 Å². The average molecular weight is 153 g/mol. The maximum absolute atomic E-state index is 3.81. The van der Waals surface area contributed by atoms with Gasteiger partial charge in [0.05, 0.1) is 5.52 Å². The first-order chi connectivity index (χ1) is 4.47. The molecule has 0 saturated carbocycles. The minimum Gasteiger partial charge on any atom is -0.258 e. The highest BCUT2D eigenvalue weighted by atomic mass is 32.1. The number of fused-ring (bicyclic) bond motifs is 1. The highest BCUT2D eigenvalue weighted by Gasteiger charge is 1.90. The molecule has 52 valence electrons. The number of aromatic nitrogens is 3. The summed E-state index contributed by atoms with van der Waals surface area (Å²) in [5.41, 5.74) is 1.90. The smallest absolute Gasteiger partial charge is 0.112 e. The number of aromatic amines is 1. The van der Waals surface area contributed by atoms with E-state index in [2.05, 4.69) is 15.4 Å². The summed E-state index contributed by atoms with van der Waals surface area (Å²) >= 11 is 0. The quantitative estimate of drug-likeness (QED) is 0.615. The molecule has 4 heteroatoms. The minimum atomic E-state index is 0. The molecule has 1 heterocycles. The van der Waals surface area contributed by atoms with Crippen LogP contribution in [0.15, 0.2) is 24.3 Å². The summed E-state index contributed by atoms with van der Waals surface area (Å²) < 4.78 is 0. The zero-order chi connectivity index (χ0) is 6.10. The molecule has 10 heavy (non-hydrogen) atoms. The van der Waals surface area contributed by atoms with Gasteiger partial charge in [-0.25, -0.2) is 0 Å². The van der Waals surface area contributed by atoms with Crippen molar-refractivity contribution >= 4 is 24.5 Å². The van der Waals surface area contributed by atoms with Crippen molar-refractivity contribution < 1.29 is 0 Å². The van der Waals surface area contributed by atoms with E-state index in [4.69, 9.17) is 0 Å². The lowest BCUT2D eigenvalue weighted by atomic mass is 10.3. The Balaban J connectivity index is 0.000000500. The average Bonchev–Trinajstić information content (AvgIpc) is 2.33. The summed E-state index contributed by atoms with van der Waals surface area (Å²) in [5, 5.41) is 10.2. The van der Waals surface area contributed by atoms with Crippen LogP contribution in [0.2, 0.25) is 0 Å². The van der Waals surface area contributed by atoms with Gasteiger partial charge < -0.3 is 0 Å². The third-order valence-electron chi connectivity index (χ3n) is 1.23. The molecular weight excluding hydrogens is 146 g/mol. The molecular formula is C6H7N3S. The summed E-state index contributed by atoms with van der Waals surface area (Å²) in [6.07, 6.45) is 0. The third kappa shape index (κ3) is 0.974. The molecule has 2 rings (SSSR count). The van der Waals surface area contributed by atoms with Crippen molar-refractivity contribution in [2.75, 3.05) is 0 Å². The van der Waals surface area contributed by atoms with E-state index >= 15 is 0 Å². The van der Waals surface area contributed by atoms with E-state index in [9.17, 15) is 0 Å². The lowest BCUT2D eigenvalue weighted by Crippen LogP contribution is -1.63. The first-order valence-corrected chi connectivity index (χ1v) is 2.72. The first-order valence-electron chi connectivity index (χ1n) is 2.72. The molecule has 1 aromatic carbocycles. The standard InChI is InChI=1S/C6H5N3.H2S/c1-2-4-6-5(3-1)7-9-8-6;/h1-4H,(H,7,8,9);1H2. The molecule has 1 aromatic heterocycles. The summed E-state index contributed by atoms with van der Waals surface area (Å²) in [5.74, 6) is 0. The van der Waals surface area contributed by atoms with Crippen LogP contribution in [0.5, 0.6) is 0 Å². The van der Waals surface area contributed by atoms with Crippen molar-refractivity contribution in [3.63, 3.8) is 0 Å². The van der Waals surface area contributed by atoms with Crippen LogP contribution < -0.4 is 0 Å². The zero-order valence-corrected chi connectivity index (χ0v) is 6.20. The van der Waals surface area contributed by atoms with Crippen LogP contribution in [0, 0.1) is 0 Å². The molecule has 0 aliphatic rings. The predicted molar refractivity (Wildman–Crippen MR) is 44.3 cm³/mol. The molecule has 0 aliphatic heterocycles. The molecule has 0 amide bonds. The highest BCUT2D eigenvalue weighted by molar-refractivity contribution is 7.59. The van der Waals surface area contributed by atoms with Crippen molar-refractivity contribution in [1.82, 2.24) is 15.4 Å². The Morgan fingerprint density at radius 2 is 2.00 bits per heavy atom. The number of nitrogens with one attached hydrogen (secondary N) is 1. The Morgan fingerprint density at radius 1 is 1.20 bits per heavy atom. The van der Waals surface area contributed by atoms with Crippen LogP contribution in [0.3, 0.4) is 0 Å². The summed E-state index contributed by atoms with van der Waals surface area (Å²) in [7, 11) is 0. The molecule has 0 aliphatic carbocycles. The molecule has 0 saturated heterocycles. The Kier molecular flexibility index (Phi) is 1.91. The zero-order valence-electron chi connectivity index (χ0n) is 5.20. The van der Waals surface area contributed by atoms with E-state index in [1.807, 2.05) is 24.3 Å². The van der Waals surface area contributed by atoms with Gasteiger partial charge >= 0.3 is 0 Å². The van der Waals surface area contributed by atoms with Crippen LogP contribution >= 0.6 is 13.5 Å². The van der Waals surface area contributed by atoms with Gasteiger partial charge in [-0.3, -0.25) is 5.10 Å². The molecule has 0 unspecified atom stereocenters. The van der Waals surface area contributed by atoms with Gasteiger partial charge in [0, 0.05) is 0 Å². The van der Waals surface area contributed by atoms with Crippen molar-refractivity contribution in [3.05, 3.63) is 24.3 Å². The molecule has 0 radical (unpaired) electrons. The van der Waals surface area contributed by atoms with E-state index in [1.165, 1.54) is 0 Å². The molecule has 3 nitrogen and oxygen atoms in total. The van der Waals surface area contributed by atoms with Crippen molar-refractivity contribution in [2.45, 2.75) is 0 Å². The SMILES string of the molecule is S.c1ccc2[nH]nnc2c1. The molecule has 0 fully saturated rings. The van der Waals surface area contributed by atoms with Gasteiger partial charge in [0.2, 0.25) is 0 Å². The second-order valence-electron chi connectivity index (χ2n) is 1.83. The fourth-order valence-corrected chi connectivity index (χ4v) is 0.788. The third-order valence-corrected chi connectivity index (χ3v) is 1.23. The monoisotopic (exact) mass is 153 g/mol. The largest absolute Gasteiger partial charge is 0.258 e. The Hall–Kier alpha value is -1.03. The second kappa shape index (κ2) is 2.70. The number of hydrogen-bond acceptors (Lipinski definition) is 2. The van der Waals surface area contributed by atoms with Gasteiger partial charge in [0.1, 0.15) is 5.52 Å². The molecule has 1 N–H and O–H groups in total. The van der Waals surface area contributed by atoms with E-state index in [0.29, 0.717) is 0 Å². The van der Waals surface area contributed by atoms with Crippen LogP contribution in [0.25, 0.3) is 11.0 Å². The van der Waals surface area contributed by atoms with Gasteiger partial charge in [-0.2, -0.15) is 13.5 Å². The molecule has 0 spiro atoms. The van der Waals surface area contributed by atoms with Gasteiger partial charge in [-0.1, -0.05) is 17.3 Å². The molecule has 0 bridgehead atoms. The highest BCUT2D eigenvalue weighted by Crippen LogP contribution is 2.03. The fourth-order valence-electron chi connectivity index (χ4n) is 0.788. The molecule has 2 aromatic rings. The van der Waals surface area contributed by atoms with Gasteiger partial charge in [-0.15, -0.1) is 5.10 Å². The van der Waals surface area contributed by atoms with Crippen LogP contribution in [0.1, 0.15) is 0 Å². The van der Waals surface area contributed by atoms with Gasteiger partial charge in [0.25, 0.3) is 0 Å². The summed E-state index contributed by atoms with van der Waals surface area (Å²) in [6, 6.07) is 7.74. The Bertz CT molecular complexity index is 287. The van der Waals surface area contributed by atoms with Crippen LogP contribution in [-0.2, 0) is 0 Å². The van der Waals surface area contributed by atoms with Gasteiger partial charge in [0.15, 0.2) is 0 Å². The van der Waals surface area contributed by atoms with Crippen LogP contribution in [-0.4, -0.2) is 15.4 Å². The number of benzene rings is 1. The molecule has 0 atom stereocenters. The predicted octanol–water partition coefficient (Wildman–Crippen LogP) is 1.07. The Morgan fingerprint density at radius 3 is 2.80 bits per heavy atom. The van der Waals surface area contributed by atoms with Crippen molar-refractivity contribution in [3.8, 4) is 0 Å². The first kappa shape index (κ1) is 7.08. The van der Waals surface area contributed by atoms with Crippen molar-refractivity contribution in [1.29, 1.82) is 0 Å². The number of H-pyrrole nitrogens is 1. The fraction of sp³-hybridized carbons (Fsp3) is 0. The second-order valence-corrected chi connectivity index (χ2v) is 1.83. The van der Waals surface area contributed by atoms with E-state index in [0.717, 1.165) is 11.0 Å². The van der Waals surface area contributed by atoms with E-state index in [-0.39, 0.29) is 13.5 Å². The number of hydrogen-bond donors (Lipinski definition) is 1. The topological polar surface area (TPSA) is 41.6 Å². The normalized spacial score (nSPS) is 9.20. The lowest BCUT2D eigenvalue weighted by molar-refractivity contribution is 0.959. The number of nitrogens with zero attached hydrogens (tertiary/aromatic N) is 2. The Labute approximate surface area is 64.9 Å². The maximum atomic E-state index is 3.81. The van der Waals surface area contributed by atoms with Crippen molar-refractivity contribution in [2.24, 2.45) is 0 Å². The lowest BCUT2D eigenvalue weighted by Gasteiger charge is -1.79. The van der Waals surface area contributed by atoms with Gasteiger partial charge in [-0.05, 0) is 12.1 Å². The summed E-state index contributed by atoms with van der Waals surface area (Å²) in [4.78, 5) is 0. The number of rotatable bonds is 0. The minimum absolute atomic E-state index is 0. The summed E-state index contributed by atoms with van der Waals surface area (Å²) in [6.45, 7) is 0. The van der Waals surface area contributed by atoms with Crippen LogP contribution in [0.4, 0.5) is 0 Å². The van der Waals surface area contributed by atoms with E-state index in [1.54, 1.807) is 0 Å². The maximum Gasteiger partial charge on any atom is 0.112 e. The number of para-hydroxylation sites is 1.